The lowest BCUT2D eigenvalue weighted by atomic mass is 10.1. The number of hydrogen-bond acceptors (Lipinski definition) is 3. The van der Waals surface area contributed by atoms with Gasteiger partial charge < -0.3 is 15.1 Å². The van der Waals surface area contributed by atoms with Crippen LogP contribution in [-0.2, 0) is 20.8 Å². The van der Waals surface area contributed by atoms with Gasteiger partial charge in [0.05, 0.1) is 13.0 Å². The fourth-order valence-electron chi connectivity index (χ4n) is 2.97. The van der Waals surface area contributed by atoms with E-state index in [0.717, 1.165) is 18.4 Å². The summed E-state index contributed by atoms with van der Waals surface area (Å²) in [5.41, 5.74) is 1.59. The second-order valence-electron chi connectivity index (χ2n) is 6.26. The van der Waals surface area contributed by atoms with Crippen molar-refractivity contribution in [3.8, 4) is 0 Å². The molecule has 1 saturated heterocycles. The fourth-order valence-corrected chi connectivity index (χ4v) is 2.97. The lowest BCUT2D eigenvalue weighted by Crippen LogP contribution is -2.40. The predicted octanol–water partition coefficient (Wildman–Crippen LogP) is 2.05. The Balaban J connectivity index is 1.86. The average molecular weight is 345 g/mol. The van der Waals surface area contributed by atoms with Crippen LogP contribution < -0.4 is 5.32 Å². The van der Waals surface area contributed by atoms with Gasteiger partial charge >= 0.3 is 0 Å². The molecule has 0 aliphatic carbocycles. The first-order valence-electron chi connectivity index (χ1n) is 8.97. The molecular formula is C19H27N3O3. The molecule has 0 unspecified atom stereocenters. The molecule has 0 spiro atoms. The highest BCUT2D eigenvalue weighted by atomic mass is 16.2. The van der Waals surface area contributed by atoms with E-state index in [2.05, 4.69) is 5.32 Å². The number of likely N-dealkylation sites (N-methyl/N-ethyl adjacent to an activating group) is 1. The number of piperidine rings is 1. The van der Waals surface area contributed by atoms with Gasteiger partial charge in [-0.05, 0) is 44.4 Å². The predicted molar refractivity (Wildman–Crippen MR) is 97.1 cm³/mol. The fraction of sp³-hybridized carbons (Fsp3) is 0.526. The Labute approximate surface area is 149 Å². The number of rotatable bonds is 7. The third-order valence-electron chi connectivity index (χ3n) is 4.47. The molecule has 0 saturated carbocycles. The first-order valence-corrected chi connectivity index (χ1v) is 8.97. The molecule has 0 atom stereocenters. The molecular weight excluding hydrogens is 318 g/mol. The van der Waals surface area contributed by atoms with E-state index < -0.39 is 0 Å². The number of anilines is 1. The lowest BCUT2D eigenvalue weighted by molar-refractivity contribution is -0.136. The summed E-state index contributed by atoms with van der Waals surface area (Å²) in [4.78, 5) is 39.3. The van der Waals surface area contributed by atoms with Gasteiger partial charge in [0.2, 0.25) is 17.7 Å². The molecule has 1 aromatic carbocycles. The number of amides is 3. The number of benzene rings is 1. The van der Waals surface area contributed by atoms with E-state index in [1.807, 2.05) is 26.0 Å². The van der Waals surface area contributed by atoms with E-state index in [1.54, 1.807) is 21.9 Å². The first-order chi connectivity index (χ1) is 12.0. The Morgan fingerprint density at radius 2 is 1.80 bits per heavy atom. The highest BCUT2D eigenvalue weighted by Crippen LogP contribution is 2.13. The normalized spacial score (nSPS) is 14.3. The summed E-state index contributed by atoms with van der Waals surface area (Å²) < 4.78 is 0. The van der Waals surface area contributed by atoms with E-state index in [4.69, 9.17) is 0 Å². The van der Waals surface area contributed by atoms with Crippen molar-refractivity contribution >= 4 is 23.4 Å². The van der Waals surface area contributed by atoms with E-state index >= 15 is 0 Å². The van der Waals surface area contributed by atoms with Gasteiger partial charge in [0.25, 0.3) is 0 Å². The van der Waals surface area contributed by atoms with E-state index in [9.17, 15) is 14.4 Å². The third kappa shape index (κ3) is 5.59. The van der Waals surface area contributed by atoms with Crippen LogP contribution >= 0.6 is 0 Å². The van der Waals surface area contributed by atoms with Gasteiger partial charge in [-0.15, -0.1) is 0 Å². The van der Waals surface area contributed by atoms with Crippen LogP contribution in [0.3, 0.4) is 0 Å². The van der Waals surface area contributed by atoms with E-state index in [0.29, 0.717) is 38.2 Å². The molecule has 25 heavy (non-hydrogen) atoms. The molecule has 1 aromatic rings. The van der Waals surface area contributed by atoms with Crippen LogP contribution in [0.5, 0.6) is 0 Å². The summed E-state index contributed by atoms with van der Waals surface area (Å²) in [6, 6.07) is 7.29. The molecule has 0 bridgehead atoms. The summed E-state index contributed by atoms with van der Waals surface area (Å²) in [5.74, 6) is -0.0423. The maximum absolute atomic E-state index is 12.1. The zero-order chi connectivity index (χ0) is 18.2. The van der Waals surface area contributed by atoms with Gasteiger partial charge in [0, 0.05) is 31.7 Å². The molecule has 0 aromatic heterocycles. The Morgan fingerprint density at radius 1 is 1.12 bits per heavy atom. The largest absolute Gasteiger partial charge is 0.343 e. The summed E-state index contributed by atoms with van der Waals surface area (Å²) in [6.45, 7) is 6.09. The Bertz CT molecular complexity index is 609. The molecule has 1 N–H and O–H groups in total. The lowest BCUT2D eigenvalue weighted by Gasteiger charge is -2.25. The summed E-state index contributed by atoms with van der Waals surface area (Å²) in [7, 11) is 0. The molecule has 3 amide bonds. The Morgan fingerprint density at radius 3 is 2.40 bits per heavy atom. The van der Waals surface area contributed by atoms with Crippen LogP contribution in [0.1, 0.15) is 38.7 Å². The molecule has 136 valence electrons. The molecule has 6 heteroatoms. The van der Waals surface area contributed by atoms with Crippen LogP contribution in [-0.4, -0.2) is 53.7 Å². The van der Waals surface area contributed by atoms with Gasteiger partial charge in [0.15, 0.2) is 0 Å². The number of nitrogens with one attached hydrogen (secondary N) is 1. The third-order valence-corrected chi connectivity index (χ3v) is 4.47. The van der Waals surface area contributed by atoms with Crippen molar-refractivity contribution in [3.63, 3.8) is 0 Å². The highest BCUT2D eigenvalue weighted by molar-refractivity contribution is 5.94. The maximum atomic E-state index is 12.1. The van der Waals surface area contributed by atoms with Gasteiger partial charge in [0.1, 0.15) is 0 Å². The molecule has 2 rings (SSSR count). The zero-order valence-corrected chi connectivity index (χ0v) is 15.1. The minimum atomic E-state index is -0.192. The number of carbonyl (C=O) groups excluding carboxylic acids is 3. The number of carbonyl (C=O) groups is 3. The summed E-state index contributed by atoms with van der Waals surface area (Å²) in [6.07, 6.45) is 2.75. The highest BCUT2D eigenvalue weighted by Gasteiger charge is 2.20. The molecule has 1 aliphatic heterocycles. The molecule has 1 aliphatic rings. The first kappa shape index (κ1) is 19.0. The van der Waals surface area contributed by atoms with E-state index in [1.165, 1.54) is 0 Å². The molecule has 1 heterocycles. The van der Waals surface area contributed by atoms with Crippen molar-refractivity contribution in [2.45, 2.75) is 39.5 Å². The van der Waals surface area contributed by atoms with Crippen LogP contribution in [0.4, 0.5) is 5.69 Å². The molecule has 1 fully saturated rings. The number of nitrogens with zero attached hydrogens (tertiary/aromatic N) is 2. The van der Waals surface area contributed by atoms with Crippen molar-refractivity contribution in [2.24, 2.45) is 0 Å². The van der Waals surface area contributed by atoms with Crippen molar-refractivity contribution in [1.29, 1.82) is 0 Å². The van der Waals surface area contributed by atoms with Crippen LogP contribution in [0.15, 0.2) is 24.3 Å². The Kier molecular flexibility index (Phi) is 6.98. The SMILES string of the molecule is CCN(CC)C(=O)Cc1ccc(NC(=O)CN2CCCCC2=O)cc1. The zero-order valence-electron chi connectivity index (χ0n) is 15.1. The molecule has 6 nitrogen and oxygen atoms in total. The second kappa shape index (κ2) is 9.20. The minimum Gasteiger partial charge on any atom is -0.343 e. The minimum absolute atomic E-state index is 0.0478. The van der Waals surface area contributed by atoms with Crippen LogP contribution in [0, 0.1) is 0 Å². The van der Waals surface area contributed by atoms with Gasteiger partial charge in [-0.2, -0.15) is 0 Å². The topological polar surface area (TPSA) is 69.7 Å². The van der Waals surface area contributed by atoms with Crippen molar-refractivity contribution in [1.82, 2.24) is 9.80 Å². The number of likely N-dealkylation sites (tertiary alicyclic amines) is 1. The quantitative estimate of drug-likeness (QED) is 0.822. The monoisotopic (exact) mass is 345 g/mol. The van der Waals surface area contributed by atoms with Crippen LogP contribution in [0.25, 0.3) is 0 Å². The standard InChI is InChI=1S/C19H27N3O3/c1-3-21(4-2)19(25)13-15-8-10-16(11-9-15)20-17(23)14-22-12-6-5-7-18(22)24/h8-11H,3-7,12-14H2,1-2H3,(H,20,23). The molecule has 0 radical (unpaired) electrons. The second-order valence-corrected chi connectivity index (χ2v) is 6.26. The van der Waals surface area contributed by atoms with Gasteiger partial charge in [-0.25, -0.2) is 0 Å². The summed E-state index contributed by atoms with van der Waals surface area (Å²) in [5, 5.41) is 2.81. The van der Waals surface area contributed by atoms with Crippen molar-refractivity contribution < 1.29 is 14.4 Å². The van der Waals surface area contributed by atoms with Gasteiger partial charge in [-0.1, -0.05) is 12.1 Å². The number of hydrogen-bond donors (Lipinski definition) is 1. The van der Waals surface area contributed by atoms with E-state index in [-0.39, 0.29) is 24.3 Å². The maximum Gasteiger partial charge on any atom is 0.243 e. The average Bonchev–Trinajstić information content (AvgIpc) is 2.60. The summed E-state index contributed by atoms with van der Waals surface area (Å²) >= 11 is 0. The Hall–Kier alpha value is -2.37. The van der Waals surface area contributed by atoms with Crippen molar-refractivity contribution in [3.05, 3.63) is 29.8 Å². The van der Waals surface area contributed by atoms with Crippen LogP contribution in [0.2, 0.25) is 0 Å². The smallest absolute Gasteiger partial charge is 0.243 e. The van der Waals surface area contributed by atoms with Crippen molar-refractivity contribution in [2.75, 3.05) is 31.5 Å². The van der Waals surface area contributed by atoms with Gasteiger partial charge in [-0.3, -0.25) is 14.4 Å².